The van der Waals surface area contributed by atoms with Gasteiger partial charge in [0.25, 0.3) is 0 Å². The van der Waals surface area contributed by atoms with E-state index >= 15 is 0 Å². The highest BCUT2D eigenvalue weighted by atomic mass is 16.2. The van der Waals surface area contributed by atoms with Crippen molar-refractivity contribution in [1.82, 2.24) is 5.32 Å². The molecule has 1 aliphatic rings. The quantitative estimate of drug-likeness (QED) is 0.629. The maximum absolute atomic E-state index is 11.6. The summed E-state index contributed by atoms with van der Waals surface area (Å²) in [7, 11) is 0. The van der Waals surface area contributed by atoms with Crippen molar-refractivity contribution < 1.29 is 9.59 Å². The first-order chi connectivity index (χ1) is 8.78. The van der Waals surface area contributed by atoms with Crippen LogP contribution in [0.3, 0.4) is 0 Å². The molecule has 0 aromatic heterocycles. The van der Waals surface area contributed by atoms with Gasteiger partial charge < -0.3 is 10.6 Å². The Bertz CT molecular complexity index is 563. The van der Waals surface area contributed by atoms with E-state index in [-0.39, 0.29) is 6.03 Å². The third-order valence-electron chi connectivity index (χ3n) is 2.46. The summed E-state index contributed by atoms with van der Waals surface area (Å²) in [6, 6.07) is 8.84. The number of hydrogen-bond donors (Lipinski definition) is 2. The van der Waals surface area contributed by atoms with Crippen LogP contribution < -0.4 is 10.6 Å². The van der Waals surface area contributed by atoms with Crippen molar-refractivity contribution in [3.05, 3.63) is 53.1 Å². The van der Waals surface area contributed by atoms with Gasteiger partial charge in [-0.15, -0.1) is 0 Å². The molecular formula is C14H12N2O2. The van der Waals surface area contributed by atoms with E-state index in [9.17, 15) is 9.59 Å². The van der Waals surface area contributed by atoms with Crippen LogP contribution in [-0.2, 0) is 4.79 Å². The largest absolute Gasteiger partial charge is 0.323 e. The van der Waals surface area contributed by atoms with E-state index in [0.29, 0.717) is 24.1 Å². The lowest BCUT2D eigenvalue weighted by Crippen LogP contribution is -2.28. The number of rotatable bonds is 3. The van der Waals surface area contributed by atoms with E-state index in [4.69, 9.17) is 0 Å². The minimum atomic E-state index is -0.319. The standard InChI is InChI=1S/C14H12N2O2/c17-10-11-6-8-13(9-7-11)16-14(18)15-12-4-2-1-3-5-12/h1-5,10H,6,8H2,(H2,15,16,18). The molecule has 18 heavy (non-hydrogen) atoms. The minimum absolute atomic E-state index is 0.319. The number of allylic oxidation sites excluding steroid dienone is 2. The van der Waals surface area contributed by atoms with Crippen LogP contribution in [-0.4, -0.2) is 12.3 Å². The summed E-state index contributed by atoms with van der Waals surface area (Å²) >= 11 is 0. The molecule has 0 saturated heterocycles. The van der Waals surface area contributed by atoms with E-state index in [1.807, 2.05) is 18.2 Å². The molecule has 0 heterocycles. The van der Waals surface area contributed by atoms with Crippen LogP contribution in [0.2, 0.25) is 0 Å². The Hall–Kier alpha value is -2.54. The number of aldehydes is 1. The SMILES string of the molecule is O=CC1=C=C=C(NC(=O)Nc2ccccc2)CC1. The monoisotopic (exact) mass is 240 g/mol. The number of nitrogens with one attached hydrogen (secondary N) is 2. The van der Waals surface area contributed by atoms with Crippen LogP contribution in [0.4, 0.5) is 10.5 Å². The molecule has 0 spiro atoms. The van der Waals surface area contributed by atoms with Crippen molar-refractivity contribution >= 4 is 18.0 Å². The van der Waals surface area contributed by atoms with Crippen molar-refractivity contribution in [1.29, 1.82) is 0 Å². The normalized spacial score (nSPS) is 13.3. The average Bonchev–Trinajstić information content (AvgIpc) is 2.40. The third kappa shape index (κ3) is 3.22. The molecule has 1 aromatic carbocycles. The fraction of sp³-hybridized carbons (Fsp3) is 0.143. The maximum Gasteiger partial charge on any atom is 0.323 e. The number of para-hydroxylation sites is 1. The van der Waals surface area contributed by atoms with Gasteiger partial charge in [-0.3, -0.25) is 4.79 Å². The smallest absolute Gasteiger partial charge is 0.308 e. The summed E-state index contributed by atoms with van der Waals surface area (Å²) in [5, 5.41) is 5.38. The highest BCUT2D eigenvalue weighted by Gasteiger charge is 2.07. The molecule has 0 aliphatic heterocycles. The Kier molecular flexibility index (Phi) is 3.77. The van der Waals surface area contributed by atoms with Gasteiger partial charge in [0.05, 0.1) is 5.70 Å². The van der Waals surface area contributed by atoms with Gasteiger partial charge in [-0.1, -0.05) is 23.9 Å². The summed E-state index contributed by atoms with van der Waals surface area (Å²) in [6.07, 6.45) is 1.93. The van der Waals surface area contributed by atoms with Crippen LogP contribution in [0, 0.1) is 0 Å². The van der Waals surface area contributed by atoms with E-state index in [1.165, 1.54) is 0 Å². The molecule has 0 bridgehead atoms. The molecule has 0 fully saturated rings. The van der Waals surface area contributed by atoms with Gasteiger partial charge in [0.1, 0.15) is 0 Å². The second kappa shape index (κ2) is 5.69. The fourth-order valence-corrected chi connectivity index (χ4v) is 1.54. The zero-order valence-corrected chi connectivity index (χ0v) is 9.69. The van der Waals surface area contributed by atoms with Crippen molar-refractivity contribution in [3.8, 4) is 0 Å². The summed E-state index contributed by atoms with van der Waals surface area (Å²) in [5.41, 5.74) is 7.40. The first-order valence-corrected chi connectivity index (χ1v) is 5.60. The average molecular weight is 240 g/mol. The summed E-state index contributed by atoms with van der Waals surface area (Å²) in [4.78, 5) is 22.1. The van der Waals surface area contributed by atoms with Crippen molar-refractivity contribution in [2.24, 2.45) is 0 Å². The van der Waals surface area contributed by atoms with Crippen LogP contribution in [0.1, 0.15) is 12.8 Å². The van der Waals surface area contributed by atoms with Gasteiger partial charge in [0.15, 0.2) is 6.29 Å². The second-order valence-electron chi connectivity index (χ2n) is 3.82. The van der Waals surface area contributed by atoms with E-state index in [1.54, 1.807) is 12.1 Å². The number of hydrogen-bond acceptors (Lipinski definition) is 2. The summed E-state index contributed by atoms with van der Waals surface area (Å²) < 4.78 is 0. The predicted octanol–water partition coefficient (Wildman–Crippen LogP) is 2.37. The number of benzene rings is 1. The van der Waals surface area contributed by atoms with Gasteiger partial charge >= 0.3 is 6.03 Å². The molecule has 0 atom stereocenters. The number of carbonyl (C=O) groups is 2. The molecule has 4 nitrogen and oxygen atoms in total. The van der Waals surface area contributed by atoms with Crippen molar-refractivity contribution in [3.63, 3.8) is 0 Å². The van der Waals surface area contributed by atoms with Crippen molar-refractivity contribution in [2.75, 3.05) is 5.32 Å². The van der Waals surface area contributed by atoms with Gasteiger partial charge in [-0.05, 0) is 24.3 Å². The lowest BCUT2D eigenvalue weighted by Gasteiger charge is -2.10. The lowest BCUT2D eigenvalue weighted by molar-refractivity contribution is -0.105. The summed E-state index contributed by atoms with van der Waals surface area (Å²) in [6.45, 7) is 0. The summed E-state index contributed by atoms with van der Waals surface area (Å²) in [5.74, 6) is 0. The number of carbonyl (C=O) groups excluding carboxylic acids is 2. The fourth-order valence-electron chi connectivity index (χ4n) is 1.54. The number of anilines is 1. The van der Waals surface area contributed by atoms with Crippen molar-refractivity contribution in [2.45, 2.75) is 12.8 Å². The molecule has 90 valence electrons. The minimum Gasteiger partial charge on any atom is -0.308 e. The van der Waals surface area contributed by atoms with E-state index in [2.05, 4.69) is 22.1 Å². The lowest BCUT2D eigenvalue weighted by atomic mass is 10.1. The Morgan fingerprint density at radius 3 is 2.50 bits per heavy atom. The molecular weight excluding hydrogens is 228 g/mol. The first-order valence-electron chi connectivity index (χ1n) is 5.60. The second-order valence-corrected chi connectivity index (χ2v) is 3.82. The zero-order chi connectivity index (χ0) is 12.8. The molecule has 4 heteroatoms. The van der Waals surface area contributed by atoms with Gasteiger partial charge in [0, 0.05) is 17.7 Å². The highest BCUT2D eigenvalue weighted by molar-refractivity contribution is 5.90. The van der Waals surface area contributed by atoms with Crippen LogP contribution in [0.25, 0.3) is 0 Å². The topological polar surface area (TPSA) is 58.2 Å². The van der Waals surface area contributed by atoms with Crippen LogP contribution >= 0.6 is 0 Å². The third-order valence-corrected chi connectivity index (χ3v) is 2.46. The predicted molar refractivity (Wildman–Crippen MR) is 67.9 cm³/mol. The number of amides is 2. The van der Waals surface area contributed by atoms with Gasteiger partial charge in [0.2, 0.25) is 0 Å². The maximum atomic E-state index is 11.6. The van der Waals surface area contributed by atoms with E-state index < -0.39 is 0 Å². The highest BCUT2D eigenvalue weighted by Crippen LogP contribution is 2.11. The van der Waals surface area contributed by atoms with Gasteiger partial charge in [-0.2, -0.15) is 0 Å². The Balaban J connectivity index is 1.99. The molecule has 0 radical (unpaired) electrons. The zero-order valence-electron chi connectivity index (χ0n) is 9.69. The Morgan fingerprint density at radius 1 is 1.11 bits per heavy atom. The molecule has 1 aromatic rings. The van der Waals surface area contributed by atoms with Crippen LogP contribution in [0.15, 0.2) is 53.1 Å². The molecule has 0 unspecified atom stereocenters. The molecule has 0 saturated carbocycles. The van der Waals surface area contributed by atoms with Crippen LogP contribution in [0.5, 0.6) is 0 Å². The first kappa shape index (κ1) is 11.9. The number of urea groups is 1. The van der Waals surface area contributed by atoms with E-state index in [0.717, 1.165) is 12.0 Å². The Morgan fingerprint density at radius 2 is 1.89 bits per heavy atom. The Labute approximate surface area is 105 Å². The molecule has 2 N–H and O–H groups in total. The molecule has 2 amide bonds. The molecule has 2 rings (SSSR count). The van der Waals surface area contributed by atoms with Gasteiger partial charge in [-0.25, -0.2) is 4.79 Å². The molecule has 1 aliphatic carbocycles.